The summed E-state index contributed by atoms with van der Waals surface area (Å²) in [7, 11) is 0. The molecule has 26 heavy (non-hydrogen) atoms. The summed E-state index contributed by atoms with van der Waals surface area (Å²) in [6.45, 7) is 3.67. The van der Waals surface area contributed by atoms with Gasteiger partial charge in [-0.1, -0.05) is 17.7 Å². The number of ether oxygens (including phenoxy) is 1. The molecule has 0 aliphatic rings. The number of aryl methyl sites for hydroxylation is 1. The van der Waals surface area contributed by atoms with Gasteiger partial charge >= 0.3 is 0 Å². The average Bonchev–Trinajstić information content (AvgIpc) is 2.57. The Labute approximate surface area is 154 Å². The van der Waals surface area contributed by atoms with Crippen molar-refractivity contribution >= 4 is 29.4 Å². The third kappa shape index (κ3) is 4.48. The highest BCUT2D eigenvalue weighted by Gasteiger charge is 2.13. The standard InChI is InChI=1S/C17H16ClN3O5/c1-3-26-15-8-11(7-14(16(15)22)21(24)25)9-19-20-17(23)12-5-4-10(2)6-13(12)18/h4-9,22H,3H2,1-2H3,(H,20,23)/p-1/b19-9-. The smallest absolute Gasteiger partial charge is 0.272 e. The van der Waals surface area contributed by atoms with Crippen LogP contribution in [0.25, 0.3) is 0 Å². The number of rotatable bonds is 6. The number of nitro benzene ring substituents is 1. The second-order valence-corrected chi connectivity index (χ2v) is 5.65. The molecule has 0 saturated carbocycles. The number of nitrogens with zero attached hydrogens (tertiary/aromatic N) is 2. The van der Waals surface area contributed by atoms with Gasteiger partial charge < -0.3 is 9.84 Å². The maximum Gasteiger partial charge on any atom is 0.272 e. The normalized spacial score (nSPS) is 10.7. The molecule has 2 aromatic carbocycles. The summed E-state index contributed by atoms with van der Waals surface area (Å²) in [6, 6.07) is 7.31. The largest absolute Gasteiger partial charge is 0.865 e. The number of nitro groups is 1. The number of halogens is 1. The average molecular weight is 377 g/mol. The number of hydrogen-bond donors (Lipinski definition) is 1. The number of hydrogen-bond acceptors (Lipinski definition) is 6. The molecule has 2 aromatic rings. The molecule has 0 radical (unpaired) electrons. The Morgan fingerprint density at radius 2 is 2.12 bits per heavy atom. The van der Waals surface area contributed by atoms with E-state index in [9.17, 15) is 20.0 Å². The highest BCUT2D eigenvalue weighted by Crippen LogP contribution is 2.34. The zero-order valence-electron chi connectivity index (χ0n) is 14.0. The monoisotopic (exact) mass is 376 g/mol. The SMILES string of the molecule is CCOc1cc(/C=N\NC(=O)c2ccc(C)cc2Cl)cc([N+](=O)[O-])c1[O-]. The third-order valence-electron chi connectivity index (χ3n) is 3.30. The predicted molar refractivity (Wildman–Crippen MR) is 95.0 cm³/mol. The van der Waals surface area contributed by atoms with Crippen LogP contribution in [0.3, 0.4) is 0 Å². The highest BCUT2D eigenvalue weighted by molar-refractivity contribution is 6.33. The Bertz CT molecular complexity index is 883. The number of carbonyl (C=O) groups is 1. The summed E-state index contributed by atoms with van der Waals surface area (Å²) >= 11 is 6.01. The summed E-state index contributed by atoms with van der Waals surface area (Å²) in [5.41, 5.74) is 3.02. The first-order chi connectivity index (χ1) is 12.3. The zero-order chi connectivity index (χ0) is 19.3. The molecule has 9 heteroatoms. The van der Waals surface area contributed by atoms with Gasteiger partial charge in [0.25, 0.3) is 11.6 Å². The fraction of sp³-hybridized carbons (Fsp3) is 0.176. The van der Waals surface area contributed by atoms with Crippen molar-refractivity contribution in [2.24, 2.45) is 5.10 Å². The Balaban J connectivity index is 2.21. The van der Waals surface area contributed by atoms with Crippen LogP contribution < -0.4 is 15.3 Å². The van der Waals surface area contributed by atoms with Gasteiger partial charge in [0, 0.05) is 17.4 Å². The van der Waals surface area contributed by atoms with E-state index in [0.29, 0.717) is 0 Å². The van der Waals surface area contributed by atoms with Gasteiger partial charge in [0.1, 0.15) is 5.75 Å². The summed E-state index contributed by atoms with van der Waals surface area (Å²) in [4.78, 5) is 22.3. The number of amides is 1. The molecule has 0 fully saturated rings. The molecule has 0 aliphatic carbocycles. The maximum absolute atomic E-state index is 12.1. The first-order valence-electron chi connectivity index (χ1n) is 7.55. The van der Waals surface area contributed by atoms with Crippen molar-refractivity contribution in [3.8, 4) is 11.5 Å². The van der Waals surface area contributed by atoms with Gasteiger partial charge in [-0.25, -0.2) is 5.43 Å². The van der Waals surface area contributed by atoms with E-state index in [1.165, 1.54) is 12.3 Å². The second kappa shape index (κ2) is 8.30. The Hall–Kier alpha value is -3.13. The molecule has 0 saturated heterocycles. The van der Waals surface area contributed by atoms with Crippen molar-refractivity contribution in [2.45, 2.75) is 13.8 Å². The minimum atomic E-state index is -0.815. The van der Waals surface area contributed by atoms with E-state index in [1.54, 1.807) is 25.1 Å². The molecule has 2 rings (SSSR count). The third-order valence-corrected chi connectivity index (χ3v) is 3.62. The quantitative estimate of drug-likeness (QED) is 0.472. The van der Waals surface area contributed by atoms with Gasteiger partial charge in [-0.15, -0.1) is 0 Å². The van der Waals surface area contributed by atoms with E-state index in [1.807, 2.05) is 6.92 Å². The van der Waals surface area contributed by atoms with Crippen LogP contribution in [0.1, 0.15) is 28.4 Å². The summed E-state index contributed by atoms with van der Waals surface area (Å²) in [5.74, 6) is -1.51. The van der Waals surface area contributed by atoms with Crippen molar-refractivity contribution in [1.29, 1.82) is 0 Å². The molecule has 0 aromatic heterocycles. The molecule has 0 spiro atoms. The Morgan fingerprint density at radius 1 is 1.38 bits per heavy atom. The molecule has 0 heterocycles. The van der Waals surface area contributed by atoms with Gasteiger partial charge in [-0.05, 0) is 37.6 Å². The lowest BCUT2D eigenvalue weighted by Gasteiger charge is -2.14. The summed E-state index contributed by atoms with van der Waals surface area (Å²) < 4.78 is 5.11. The fourth-order valence-corrected chi connectivity index (χ4v) is 2.43. The molecule has 0 bridgehead atoms. The lowest BCUT2D eigenvalue weighted by molar-refractivity contribution is -0.398. The van der Waals surface area contributed by atoms with Gasteiger partial charge in [0.2, 0.25) is 0 Å². The van der Waals surface area contributed by atoms with Crippen LogP contribution >= 0.6 is 11.6 Å². The first kappa shape index (κ1) is 19.2. The summed E-state index contributed by atoms with van der Waals surface area (Å²) in [5, 5.41) is 26.9. The van der Waals surface area contributed by atoms with E-state index in [4.69, 9.17) is 16.3 Å². The zero-order valence-corrected chi connectivity index (χ0v) is 14.7. The van der Waals surface area contributed by atoms with Crippen LogP contribution in [-0.4, -0.2) is 23.7 Å². The van der Waals surface area contributed by atoms with E-state index in [2.05, 4.69) is 10.5 Å². The van der Waals surface area contributed by atoms with Crippen LogP contribution in [0.2, 0.25) is 5.02 Å². The van der Waals surface area contributed by atoms with Crippen molar-refractivity contribution < 1.29 is 19.6 Å². The van der Waals surface area contributed by atoms with E-state index in [-0.39, 0.29) is 28.5 Å². The van der Waals surface area contributed by atoms with Crippen LogP contribution in [0.4, 0.5) is 5.69 Å². The number of nitrogens with one attached hydrogen (secondary N) is 1. The van der Waals surface area contributed by atoms with E-state index >= 15 is 0 Å². The molecule has 0 aliphatic heterocycles. The number of hydrazone groups is 1. The minimum absolute atomic E-state index is 0.156. The molecule has 136 valence electrons. The van der Waals surface area contributed by atoms with Crippen LogP contribution in [-0.2, 0) is 0 Å². The number of carbonyl (C=O) groups excluding carboxylic acids is 1. The van der Waals surface area contributed by atoms with Crippen molar-refractivity contribution in [3.63, 3.8) is 0 Å². The minimum Gasteiger partial charge on any atom is -0.865 e. The molecule has 0 atom stereocenters. The second-order valence-electron chi connectivity index (χ2n) is 5.24. The van der Waals surface area contributed by atoms with Gasteiger partial charge in [0.15, 0.2) is 0 Å². The van der Waals surface area contributed by atoms with Gasteiger partial charge in [0.05, 0.1) is 28.3 Å². The van der Waals surface area contributed by atoms with Crippen molar-refractivity contribution in [3.05, 3.63) is 62.2 Å². The molecule has 0 unspecified atom stereocenters. The highest BCUT2D eigenvalue weighted by atomic mass is 35.5. The van der Waals surface area contributed by atoms with E-state index in [0.717, 1.165) is 11.6 Å². The molecular weight excluding hydrogens is 362 g/mol. The van der Waals surface area contributed by atoms with Crippen LogP contribution in [0.5, 0.6) is 11.5 Å². The predicted octanol–water partition coefficient (Wildman–Crippen LogP) is 2.79. The van der Waals surface area contributed by atoms with Crippen molar-refractivity contribution in [1.82, 2.24) is 5.43 Å². The maximum atomic E-state index is 12.1. The lowest BCUT2D eigenvalue weighted by atomic mass is 10.1. The molecule has 1 N–H and O–H groups in total. The van der Waals surface area contributed by atoms with Crippen LogP contribution in [0, 0.1) is 17.0 Å². The van der Waals surface area contributed by atoms with Gasteiger partial charge in [-0.3, -0.25) is 14.9 Å². The number of benzene rings is 2. The van der Waals surface area contributed by atoms with Gasteiger partial charge in [-0.2, -0.15) is 5.10 Å². The van der Waals surface area contributed by atoms with Crippen molar-refractivity contribution in [2.75, 3.05) is 6.61 Å². The molecule has 8 nitrogen and oxygen atoms in total. The fourth-order valence-electron chi connectivity index (χ4n) is 2.11. The van der Waals surface area contributed by atoms with Crippen LogP contribution in [0.15, 0.2) is 35.4 Å². The van der Waals surface area contributed by atoms with E-state index < -0.39 is 22.3 Å². The Kier molecular flexibility index (Phi) is 6.13. The summed E-state index contributed by atoms with van der Waals surface area (Å²) in [6.07, 6.45) is 1.18. The topological polar surface area (TPSA) is 117 Å². The Morgan fingerprint density at radius 3 is 2.73 bits per heavy atom. The lowest BCUT2D eigenvalue weighted by Crippen LogP contribution is -2.18. The molecular formula is C17H15ClN3O5-. The first-order valence-corrected chi connectivity index (χ1v) is 7.93. The molecule has 1 amide bonds.